The molecule has 1 fully saturated rings. The quantitative estimate of drug-likeness (QED) is 0.812. The molecule has 0 spiro atoms. The fraction of sp³-hybridized carbons (Fsp3) is 0.333. The molecular weight excluding hydrogens is 307 g/mol. The Morgan fingerprint density at radius 3 is 2.29 bits per heavy atom. The fourth-order valence-electron chi connectivity index (χ4n) is 2.46. The summed E-state index contributed by atoms with van der Waals surface area (Å²) in [6.45, 7) is 3.64. The minimum absolute atomic E-state index is 0.396. The molecule has 3 rings (SSSR count). The third kappa shape index (κ3) is 3.22. The minimum Gasteiger partial charge on any atom is -0.367 e. The fourth-order valence-corrected chi connectivity index (χ4v) is 2.86. The summed E-state index contributed by atoms with van der Waals surface area (Å²) in [4.78, 5) is 13.3. The molecule has 0 amide bonds. The molecule has 2 aromatic rings. The molecule has 1 aliphatic rings. The minimum atomic E-state index is 0.396. The van der Waals surface area contributed by atoms with E-state index >= 15 is 0 Å². The van der Waals surface area contributed by atoms with E-state index in [-0.39, 0.29) is 0 Å². The van der Waals surface area contributed by atoms with Crippen molar-refractivity contribution in [3.05, 3.63) is 47.4 Å². The molecule has 0 saturated carbocycles. The Kier molecular flexibility index (Phi) is 4.46. The Bertz CT molecular complexity index is 595. The lowest BCUT2D eigenvalue weighted by atomic mass is 10.2. The van der Waals surface area contributed by atoms with Crippen LogP contribution in [0, 0.1) is 0 Å². The van der Waals surface area contributed by atoms with Crippen molar-refractivity contribution in [3.8, 4) is 0 Å². The van der Waals surface area contributed by atoms with Crippen LogP contribution >= 0.6 is 23.2 Å². The molecule has 0 N–H and O–H groups in total. The first-order valence-corrected chi connectivity index (χ1v) is 7.80. The zero-order valence-electron chi connectivity index (χ0n) is 11.5. The van der Waals surface area contributed by atoms with Crippen LogP contribution in [0.4, 0.5) is 11.5 Å². The number of piperazine rings is 1. The summed E-state index contributed by atoms with van der Waals surface area (Å²) >= 11 is 12.0. The molecule has 1 aromatic carbocycles. The SMILES string of the molecule is ClCc1cnc(N2CCN(c3ccccc3Cl)CC2)cn1. The number of benzene rings is 1. The maximum Gasteiger partial charge on any atom is 0.147 e. The van der Waals surface area contributed by atoms with Gasteiger partial charge in [0.2, 0.25) is 0 Å². The number of halogens is 2. The largest absolute Gasteiger partial charge is 0.367 e. The van der Waals surface area contributed by atoms with Crippen LogP contribution < -0.4 is 9.80 Å². The van der Waals surface area contributed by atoms with Crippen molar-refractivity contribution in [2.24, 2.45) is 0 Å². The van der Waals surface area contributed by atoms with Crippen LogP contribution in [-0.2, 0) is 5.88 Å². The highest BCUT2D eigenvalue weighted by molar-refractivity contribution is 6.33. The first-order chi connectivity index (χ1) is 10.3. The molecule has 4 nitrogen and oxygen atoms in total. The number of nitrogens with zero attached hydrogens (tertiary/aromatic N) is 4. The summed E-state index contributed by atoms with van der Waals surface area (Å²) in [5, 5.41) is 0.803. The summed E-state index contributed by atoms with van der Waals surface area (Å²) in [6.07, 6.45) is 3.53. The Morgan fingerprint density at radius 1 is 0.952 bits per heavy atom. The van der Waals surface area contributed by atoms with Crippen molar-refractivity contribution >= 4 is 34.7 Å². The van der Waals surface area contributed by atoms with Gasteiger partial charge in [0.05, 0.1) is 34.7 Å². The summed E-state index contributed by atoms with van der Waals surface area (Å²) in [6, 6.07) is 7.97. The maximum absolute atomic E-state index is 6.25. The zero-order valence-corrected chi connectivity index (χ0v) is 13.1. The number of aromatic nitrogens is 2. The number of rotatable bonds is 3. The predicted molar refractivity (Wildman–Crippen MR) is 87.5 cm³/mol. The van der Waals surface area contributed by atoms with Gasteiger partial charge < -0.3 is 9.80 Å². The van der Waals surface area contributed by atoms with Crippen LogP contribution in [-0.4, -0.2) is 36.1 Å². The standard InChI is InChI=1S/C15H16Cl2N4/c16-9-12-10-19-15(11-18-12)21-7-5-20(6-8-21)14-4-2-1-3-13(14)17/h1-4,10-11H,5-9H2. The molecule has 1 aromatic heterocycles. The molecule has 0 bridgehead atoms. The molecule has 0 unspecified atom stereocenters. The van der Waals surface area contributed by atoms with E-state index < -0.39 is 0 Å². The zero-order chi connectivity index (χ0) is 14.7. The van der Waals surface area contributed by atoms with Gasteiger partial charge in [-0.2, -0.15) is 0 Å². The van der Waals surface area contributed by atoms with E-state index in [1.54, 1.807) is 12.4 Å². The van der Waals surface area contributed by atoms with E-state index in [4.69, 9.17) is 23.2 Å². The first-order valence-electron chi connectivity index (χ1n) is 6.89. The van der Waals surface area contributed by atoms with E-state index in [0.29, 0.717) is 5.88 Å². The third-order valence-corrected chi connectivity index (χ3v) is 4.22. The average molecular weight is 323 g/mol. The second-order valence-electron chi connectivity index (χ2n) is 4.93. The summed E-state index contributed by atoms with van der Waals surface area (Å²) in [7, 11) is 0. The number of alkyl halides is 1. The van der Waals surface area contributed by atoms with Gasteiger partial charge in [0, 0.05) is 26.2 Å². The van der Waals surface area contributed by atoms with E-state index in [2.05, 4.69) is 25.8 Å². The number of hydrogen-bond donors (Lipinski definition) is 0. The third-order valence-electron chi connectivity index (χ3n) is 3.63. The van der Waals surface area contributed by atoms with E-state index in [9.17, 15) is 0 Å². The van der Waals surface area contributed by atoms with Crippen LogP contribution in [0.5, 0.6) is 0 Å². The second-order valence-corrected chi connectivity index (χ2v) is 5.60. The van der Waals surface area contributed by atoms with Gasteiger partial charge in [-0.05, 0) is 12.1 Å². The van der Waals surface area contributed by atoms with Gasteiger partial charge in [-0.3, -0.25) is 4.98 Å². The van der Waals surface area contributed by atoms with Gasteiger partial charge in [0.1, 0.15) is 5.82 Å². The highest BCUT2D eigenvalue weighted by atomic mass is 35.5. The van der Waals surface area contributed by atoms with Gasteiger partial charge >= 0.3 is 0 Å². The molecule has 1 saturated heterocycles. The van der Waals surface area contributed by atoms with Crippen LogP contribution in [0.1, 0.15) is 5.69 Å². The molecule has 0 radical (unpaired) electrons. The van der Waals surface area contributed by atoms with E-state index in [1.165, 1.54) is 0 Å². The van der Waals surface area contributed by atoms with Crippen LogP contribution in [0.3, 0.4) is 0 Å². The van der Waals surface area contributed by atoms with Gasteiger partial charge in [-0.15, -0.1) is 11.6 Å². The number of para-hydroxylation sites is 1. The van der Waals surface area contributed by atoms with Crippen molar-refractivity contribution in [2.75, 3.05) is 36.0 Å². The highest BCUT2D eigenvalue weighted by Crippen LogP contribution is 2.26. The molecule has 0 aliphatic carbocycles. The lowest BCUT2D eigenvalue weighted by molar-refractivity contribution is 0.646. The normalized spacial score (nSPS) is 15.3. The predicted octanol–water partition coefficient (Wildman–Crippen LogP) is 3.20. The average Bonchev–Trinajstić information content (AvgIpc) is 2.56. The Labute approximate surface area is 134 Å². The highest BCUT2D eigenvalue weighted by Gasteiger charge is 2.19. The van der Waals surface area contributed by atoms with E-state index in [1.807, 2.05) is 18.2 Å². The molecule has 21 heavy (non-hydrogen) atoms. The molecule has 0 atom stereocenters. The maximum atomic E-state index is 6.25. The lowest BCUT2D eigenvalue weighted by Gasteiger charge is -2.36. The van der Waals surface area contributed by atoms with E-state index in [0.717, 1.165) is 48.4 Å². The van der Waals surface area contributed by atoms with Gasteiger partial charge in [0.15, 0.2) is 0 Å². The molecule has 1 aliphatic heterocycles. The van der Waals surface area contributed by atoms with Crippen molar-refractivity contribution < 1.29 is 0 Å². The number of hydrogen-bond acceptors (Lipinski definition) is 4. The van der Waals surface area contributed by atoms with Crippen molar-refractivity contribution in [1.29, 1.82) is 0 Å². The summed E-state index contributed by atoms with van der Waals surface area (Å²) < 4.78 is 0. The molecule has 110 valence electrons. The van der Waals surface area contributed by atoms with Gasteiger partial charge in [-0.25, -0.2) is 4.98 Å². The van der Waals surface area contributed by atoms with Gasteiger partial charge in [0.25, 0.3) is 0 Å². The molecular formula is C15H16Cl2N4. The van der Waals surface area contributed by atoms with Crippen molar-refractivity contribution in [3.63, 3.8) is 0 Å². The Balaban J connectivity index is 1.66. The summed E-state index contributed by atoms with van der Waals surface area (Å²) in [5.74, 6) is 1.30. The Hall–Kier alpha value is -1.52. The van der Waals surface area contributed by atoms with Crippen LogP contribution in [0.15, 0.2) is 36.7 Å². The van der Waals surface area contributed by atoms with Crippen molar-refractivity contribution in [1.82, 2.24) is 9.97 Å². The van der Waals surface area contributed by atoms with Crippen molar-refractivity contribution in [2.45, 2.75) is 5.88 Å². The number of anilines is 2. The first kappa shape index (κ1) is 14.4. The van der Waals surface area contributed by atoms with Gasteiger partial charge in [-0.1, -0.05) is 23.7 Å². The lowest BCUT2D eigenvalue weighted by Crippen LogP contribution is -2.47. The van der Waals surface area contributed by atoms with Crippen LogP contribution in [0.25, 0.3) is 0 Å². The monoisotopic (exact) mass is 322 g/mol. The van der Waals surface area contributed by atoms with Crippen LogP contribution in [0.2, 0.25) is 5.02 Å². The topological polar surface area (TPSA) is 32.3 Å². The second kappa shape index (κ2) is 6.50. The smallest absolute Gasteiger partial charge is 0.147 e. The molecule has 6 heteroatoms. The summed E-state index contributed by atoms with van der Waals surface area (Å²) in [5.41, 5.74) is 1.90. The molecule has 2 heterocycles. The Morgan fingerprint density at radius 2 is 1.67 bits per heavy atom.